The van der Waals surface area contributed by atoms with Gasteiger partial charge in [-0.1, -0.05) is 12.8 Å². The van der Waals surface area contributed by atoms with Crippen molar-refractivity contribution >= 4 is 6.09 Å². The molecule has 4 nitrogen and oxygen atoms in total. The van der Waals surface area contributed by atoms with E-state index in [2.05, 4.69) is 5.32 Å². The predicted octanol–water partition coefficient (Wildman–Crippen LogP) is 2.53. The first-order valence-corrected chi connectivity index (χ1v) is 7.19. The minimum Gasteiger partial charge on any atom is -0.444 e. The van der Waals surface area contributed by atoms with Crippen LogP contribution in [0.15, 0.2) is 0 Å². The zero-order valence-corrected chi connectivity index (χ0v) is 11.9. The first-order valence-electron chi connectivity index (χ1n) is 7.19. The summed E-state index contributed by atoms with van der Waals surface area (Å²) in [5.74, 6) is 0. The SMILES string of the molecule is CC(C)(C)OC(=O)N(C1CCCC1)C1CCNC1. The molecular weight excluding hydrogens is 228 g/mol. The second kappa shape index (κ2) is 5.47. The van der Waals surface area contributed by atoms with Crippen molar-refractivity contribution in [2.75, 3.05) is 13.1 Å². The third-order valence-corrected chi connectivity index (χ3v) is 3.75. The summed E-state index contributed by atoms with van der Waals surface area (Å²) in [5.41, 5.74) is -0.403. The van der Waals surface area contributed by atoms with Crippen LogP contribution in [0, 0.1) is 0 Å². The highest BCUT2D eigenvalue weighted by molar-refractivity contribution is 5.69. The van der Waals surface area contributed by atoms with Crippen LogP contribution in [0.2, 0.25) is 0 Å². The molecule has 1 aliphatic heterocycles. The third kappa shape index (κ3) is 3.37. The van der Waals surface area contributed by atoms with Crippen LogP contribution in [0.25, 0.3) is 0 Å². The highest BCUT2D eigenvalue weighted by atomic mass is 16.6. The number of carbonyl (C=O) groups is 1. The lowest BCUT2D eigenvalue weighted by atomic mass is 10.1. The summed E-state index contributed by atoms with van der Waals surface area (Å²) in [5, 5.41) is 3.34. The fraction of sp³-hybridized carbons (Fsp3) is 0.929. The average Bonchev–Trinajstić information content (AvgIpc) is 2.87. The molecule has 0 aromatic rings. The van der Waals surface area contributed by atoms with Gasteiger partial charge in [-0.05, 0) is 46.6 Å². The van der Waals surface area contributed by atoms with E-state index >= 15 is 0 Å². The third-order valence-electron chi connectivity index (χ3n) is 3.75. The van der Waals surface area contributed by atoms with Gasteiger partial charge in [0.25, 0.3) is 0 Å². The van der Waals surface area contributed by atoms with E-state index < -0.39 is 5.60 Å². The molecule has 104 valence electrons. The van der Waals surface area contributed by atoms with Crippen molar-refractivity contribution in [3.63, 3.8) is 0 Å². The van der Waals surface area contributed by atoms with Crippen molar-refractivity contribution in [2.24, 2.45) is 0 Å². The van der Waals surface area contributed by atoms with E-state index in [-0.39, 0.29) is 6.09 Å². The Morgan fingerprint density at radius 2 is 1.83 bits per heavy atom. The first kappa shape index (κ1) is 13.7. The van der Waals surface area contributed by atoms with Crippen molar-refractivity contribution in [3.05, 3.63) is 0 Å². The Morgan fingerprint density at radius 1 is 1.17 bits per heavy atom. The predicted molar refractivity (Wildman–Crippen MR) is 71.6 cm³/mol. The summed E-state index contributed by atoms with van der Waals surface area (Å²) in [4.78, 5) is 14.4. The van der Waals surface area contributed by atoms with Crippen LogP contribution in [-0.4, -0.2) is 41.8 Å². The molecule has 0 radical (unpaired) electrons. The van der Waals surface area contributed by atoms with E-state index in [1.165, 1.54) is 12.8 Å². The molecule has 0 aromatic carbocycles. The molecule has 2 aliphatic rings. The average molecular weight is 254 g/mol. The second-order valence-corrected chi connectivity index (χ2v) is 6.47. The molecular formula is C14H26N2O2. The van der Waals surface area contributed by atoms with E-state index in [1.807, 2.05) is 25.7 Å². The molecule has 1 amide bonds. The van der Waals surface area contributed by atoms with Gasteiger partial charge in [0, 0.05) is 18.6 Å². The van der Waals surface area contributed by atoms with Gasteiger partial charge in [-0.25, -0.2) is 4.79 Å². The zero-order valence-electron chi connectivity index (χ0n) is 11.9. The Kier molecular flexibility index (Phi) is 4.15. The number of hydrogen-bond donors (Lipinski definition) is 1. The summed E-state index contributed by atoms with van der Waals surface area (Å²) in [6.07, 6.45) is 5.68. The Labute approximate surface area is 110 Å². The molecule has 1 heterocycles. The van der Waals surface area contributed by atoms with E-state index in [0.717, 1.165) is 32.4 Å². The molecule has 1 saturated heterocycles. The van der Waals surface area contributed by atoms with E-state index in [1.54, 1.807) is 0 Å². The largest absolute Gasteiger partial charge is 0.444 e. The van der Waals surface area contributed by atoms with Gasteiger partial charge in [-0.3, -0.25) is 0 Å². The molecule has 2 fully saturated rings. The minimum absolute atomic E-state index is 0.122. The molecule has 0 bridgehead atoms. The van der Waals surface area contributed by atoms with Crippen LogP contribution < -0.4 is 5.32 Å². The first-order chi connectivity index (χ1) is 8.47. The number of hydrogen-bond acceptors (Lipinski definition) is 3. The maximum Gasteiger partial charge on any atom is 0.410 e. The normalized spacial score (nSPS) is 25.4. The van der Waals surface area contributed by atoms with E-state index in [4.69, 9.17) is 4.74 Å². The smallest absolute Gasteiger partial charge is 0.410 e. The molecule has 1 aliphatic carbocycles. The Morgan fingerprint density at radius 3 is 2.33 bits per heavy atom. The fourth-order valence-electron chi connectivity index (χ4n) is 2.97. The molecule has 0 aromatic heterocycles. The number of nitrogens with one attached hydrogen (secondary N) is 1. The molecule has 2 rings (SSSR count). The summed E-state index contributed by atoms with van der Waals surface area (Å²) in [6.45, 7) is 7.73. The fourth-order valence-corrected chi connectivity index (χ4v) is 2.97. The summed E-state index contributed by atoms with van der Waals surface area (Å²) < 4.78 is 5.58. The van der Waals surface area contributed by atoms with Crippen LogP contribution in [-0.2, 0) is 4.74 Å². The van der Waals surface area contributed by atoms with E-state index in [9.17, 15) is 4.79 Å². The minimum atomic E-state index is -0.403. The Balaban J connectivity index is 2.05. The monoisotopic (exact) mass is 254 g/mol. The molecule has 1 atom stereocenters. The Bertz CT molecular complexity index is 271. The molecule has 18 heavy (non-hydrogen) atoms. The number of carbonyl (C=O) groups excluding carboxylic acids is 1. The zero-order chi connectivity index (χ0) is 13.2. The van der Waals surface area contributed by atoms with Crippen LogP contribution >= 0.6 is 0 Å². The topological polar surface area (TPSA) is 41.6 Å². The van der Waals surface area contributed by atoms with Gasteiger partial charge >= 0.3 is 6.09 Å². The standard InChI is InChI=1S/C14H26N2O2/c1-14(2,3)18-13(17)16(11-6-4-5-7-11)12-8-9-15-10-12/h11-12,15H,4-10H2,1-3H3. The van der Waals surface area contributed by atoms with Crippen LogP contribution in [0.4, 0.5) is 4.79 Å². The van der Waals surface area contributed by atoms with Crippen LogP contribution in [0.3, 0.4) is 0 Å². The molecule has 0 spiro atoms. The molecule has 4 heteroatoms. The maximum absolute atomic E-state index is 12.4. The van der Waals surface area contributed by atoms with Gasteiger partial charge in [-0.15, -0.1) is 0 Å². The van der Waals surface area contributed by atoms with Crippen LogP contribution in [0.5, 0.6) is 0 Å². The van der Waals surface area contributed by atoms with Crippen LogP contribution in [0.1, 0.15) is 52.9 Å². The lowest BCUT2D eigenvalue weighted by molar-refractivity contribution is 0.00740. The van der Waals surface area contributed by atoms with E-state index in [0.29, 0.717) is 12.1 Å². The summed E-state index contributed by atoms with van der Waals surface area (Å²) in [7, 11) is 0. The molecule has 1 unspecified atom stereocenters. The lowest BCUT2D eigenvalue weighted by Crippen LogP contribution is -2.49. The quantitative estimate of drug-likeness (QED) is 0.823. The second-order valence-electron chi connectivity index (χ2n) is 6.47. The molecule has 1 saturated carbocycles. The number of rotatable bonds is 2. The maximum atomic E-state index is 12.4. The van der Waals surface area contributed by atoms with Crippen molar-refractivity contribution in [2.45, 2.75) is 70.6 Å². The van der Waals surface area contributed by atoms with Gasteiger partial charge in [0.05, 0.1) is 0 Å². The summed E-state index contributed by atoms with van der Waals surface area (Å²) >= 11 is 0. The Hall–Kier alpha value is -0.770. The number of amides is 1. The van der Waals surface area contributed by atoms with Crippen molar-refractivity contribution < 1.29 is 9.53 Å². The lowest BCUT2D eigenvalue weighted by Gasteiger charge is -2.35. The van der Waals surface area contributed by atoms with Gasteiger partial charge in [0.1, 0.15) is 5.60 Å². The highest BCUT2D eigenvalue weighted by Crippen LogP contribution is 2.28. The van der Waals surface area contributed by atoms with Crippen molar-refractivity contribution in [1.29, 1.82) is 0 Å². The van der Waals surface area contributed by atoms with Gasteiger partial charge in [0.2, 0.25) is 0 Å². The number of nitrogens with zero attached hydrogens (tertiary/aromatic N) is 1. The number of ether oxygens (including phenoxy) is 1. The van der Waals surface area contributed by atoms with Crippen molar-refractivity contribution in [1.82, 2.24) is 10.2 Å². The van der Waals surface area contributed by atoms with Crippen molar-refractivity contribution in [3.8, 4) is 0 Å². The van der Waals surface area contributed by atoms with Gasteiger partial charge < -0.3 is 15.0 Å². The van der Waals surface area contributed by atoms with Gasteiger partial charge in [-0.2, -0.15) is 0 Å². The highest BCUT2D eigenvalue weighted by Gasteiger charge is 2.36. The summed E-state index contributed by atoms with van der Waals surface area (Å²) in [6, 6.07) is 0.715. The molecule has 1 N–H and O–H groups in total. The van der Waals surface area contributed by atoms with Gasteiger partial charge in [0.15, 0.2) is 0 Å².